The number of sulfonamides is 1. The Kier molecular flexibility index (Phi) is 9.64. The second-order valence-corrected chi connectivity index (χ2v) is 8.80. The van der Waals surface area contributed by atoms with Crippen LogP contribution in [0.25, 0.3) is 11.1 Å². The van der Waals surface area contributed by atoms with Gasteiger partial charge in [0, 0.05) is 26.3 Å². The summed E-state index contributed by atoms with van der Waals surface area (Å²) in [4.78, 5) is 0.298. The highest BCUT2D eigenvalue weighted by molar-refractivity contribution is 7.89. The molecule has 2 rings (SSSR count). The number of benzene rings is 2. The van der Waals surface area contributed by atoms with E-state index in [1.807, 2.05) is 42.5 Å². The third-order valence-electron chi connectivity index (χ3n) is 4.73. The molecule has 0 amide bonds. The molecule has 0 saturated carbocycles. The molecule has 2 aromatic carbocycles. The first-order valence-corrected chi connectivity index (χ1v) is 11.4. The molecular formula is C22H31NO4S. The van der Waals surface area contributed by atoms with Crippen molar-refractivity contribution in [3.8, 4) is 11.1 Å². The van der Waals surface area contributed by atoms with E-state index in [-0.39, 0.29) is 13.2 Å². The Balaban J connectivity index is 2.10. The van der Waals surface area contributed by atoms with Gasteiger partial charge in [0.05, 0.1) is 4.90 Å². The van der Waals surface area contributed by atoms with E-state index in [9.17, 15) is 8.42 Å². The second-order valence-electron chi connectivity index (χ2n) is 6.86. The van der Waals surface area contributed by atoms with Crippen LogP contribution in [0.4, 0.5) is 0 Å². The normalized spacial score (nSPS) is 11.8. The summed E-state index contributed by atoms with van der Waals surface area (Å²) in [6.45, 7) is 1.10. The molecule has 0 aliphatic heterocycles. The van der Waals surface area contributed by atoms with Crippen molar-refractivity contribution in [1.82, 2.24) is 4.31 Å². The number of nitrogens with zero attached hydrogens (tertiary/aromatic N) is 1. The first-order valence-electron chi connectivity index (χ1n) is 9.97. The van der Waals surface area contributed by atoms with Crippen molar-refractivity contribution in [2.75, 3.05) is 26.3 Å². The fraction of sp³-hybridized carbons (Fsp3) is 0.455. The molecular weight excluding hydrogens is 374 g/mol. The van der Waals surface area contributed by atoms with Crippen LogP contribution in [0.15, 0.2) is 59.5 Å². The highest BCUT2D eigenvalue weighted by Crippen LogP contribution is 2.23. The van der Waals surface area contributed by atoms with Crippen molar-refractivity contribution in [2.24, 2.45) is 0 Å². The minimum Gasteiger partial charge on any atom is -0.396 e. The zero-order valence-corrected chi connectivity index (χ0v) is 17.2. The summed E-state index contributed by atoms with van der Waals surface area (Å²) in [5, 5.41) is 17.9. The molecule has 0 saturated heterocycles. The van der Waals surface area contributed by atoms with Crippen molar-refractivity contribution in [3.63, 3.8) is 0 Å². The van der Waals surface area contributed by atoms with Gasteiger partial charge in [0.15, 0.2) is 0 Å². The zero-order chi connectivity index (χ0) is 20.2. The number of unbranched alkanes of at least 4 members (excludes halogenated alkanes) is 4. The van der Waals surface area contributed by atoms with Crippen LogP contribution in [-0.2, 0) is 10.0 Å². The molecule has 0 aliphatic carbocycles. The molecule has 0 aromatic heterocycles. The summed E-state index contributed by atoms with van der Waals surface area (Å²) in [6.07, 6.45) is 4.52. The largest absolute Gasteiger partial charge is 0.396 e. The zero-order valence-electron chi connectivity index (χ0n) is 16.3. The fourth-order valence-corrected chi connectivity index (χ4v) is 4.62. The van der Waals surface area contributed by atoms with Crippen LogP contribution in [0, 0.1) is 0 Å². The van der Waals surface area contributed by atoms with Gasteiger partial charge >= 0.3 is 0 Å². The van der Waals surface area contributed by atoms with Crippen molar-refractivity contribution < 1.29 is 18.6 Å². The lowest BCUT2D eigenvalue weighted by molar-refractivity contribution is 0.273. The minimum atomic E-state index is -3.57. The molecule has 2 aromatic rings. The summed E-state index contributed by atoms with van der Waals surface area (Å²) in [7, 11) is -3.57. The Morgan fingerprint density at radius 3 is 1.75 bits per heavy atom. The standard InChI is InChI=1S/C22H31NO4S/c24-18-8-2-1-6-16-23(17-7-9-19-25)28(26,27)22-14-12-21(13-15-22)20-10-4-3-5-11-20/h3-5,10-15,24-25H,1-2,6-9,16-19H2. The van der Waals surface area contributed by atoms with Gasteiger partial charge in [-0.1, -0.05) is 55.3 Å². The molecule has 0 atom stereocenters. The Morgan fingerprint density at radius 2 is 1.14 bits per heavy atom. The maximum Gasteiger partial charge on any atom is 0.243 e. The predicted molar refractivity (Wildman–Crippen MR) is 113 cm³/mol. The van der Waals surface area contributed by atoms with E-state index in [1.165, 1.54) is 4.31 Å². The van der Waals surface area contributed by atoms with Crippen molar-refractivity contribution >= 4 is 10.0 Å². The van der Waals surface area contributed by atoms with Crippen LogP contribution in [0.5, 0.6) is 0 Å². The number of hydrogen-bond acceptors (Lipinski definition) is 4. The summed E-state index contributed by atoms with van der Waals surface area (Å²) in [6, 6.07) is 16.9. The molecule has 154 valence electrons. The number of aliphatic hydroxyl groups is 2. The van der Waals surface area contributed by atoms with Gasteiger partial charge in [-0.15, -0.1) is 0 Å². The van der Waals surface area contributed by atoms with E-state index < -0.39 is 10.0 Å². The van der Waals surface area contributed by atoms with E-state index in [1.54, 1.807) is 12.1 Å². The highest BCUT2D eigenvalue weighted by Gasteiger charge is 2.23. The van der Waals surface area contributed by atoms with E-state index in [0.29, 0.717) is 30.8 Å². The van der Waals surface area contributed by atoms with Gasteiger partial charge < -0.3 is 10.2 Å². The van der Waals surface area contributed by atoms with Crippen LogP contribution < -0.4 is 0 Å². The first-order chi connectivity index (χ1) is 13.6. The van der Waals surface area contributed by atoms with Gasteiger partial charge in [-0.2, -0.15) is 4.31 Å². The molecule has 0 aliphatic rings. The van der Waals surface area contributed by atoms with Gasteiger partial charge in [0.1, 0.15) is 0 Å². The number of aliphatic hydroxyl groups excluding tert-OH is 2. The molecule has 6 heteroatoms. The van der Waals surface area contributed by atoms with E-state index in [4.69, 9.17) is 10.2 Å². The Bertz CT molecular complexity index is 776. The Morgan fingerprint density at radius 1 is 0.643 bits per heavy atom. The summed E-state index contributed by atoms with van der Waals surface area (Å²) in [5.41, 5.74) is 2.03. The summed E-state index contributed by atoms with van der Waals surface area (Å²) >= 11 is 0. The van der Waals surface area contributed by atoms with Crippen LogP contribution in [-0.4, -0.2) is 49.2 Å². The quantitative estimate of drug-likeness (QED) is 0.499. The fourth-order valence-electron chi connectivity index (χ4n) is 3.10. The third kappa shape index (κ3) is 6.71. The van der Waals surface area contributed by atoms with Crippen LogP contribution in [0.3, 0.4) is 0 Å². The average Bonchev–Trinajstić information content (AvgIpc) is 2.73. The number of hydrogen-bond donors (Lipinski definition) is 2. The van der Waals surface area contributed by atoms with Crippen molar-refractivity contribution in [1.29, 1.82) is 0 Å². The minimum absolute atomic E-state index is 0.0656. The van der Waals surface area contributed by atoms with Crippen molar-refractivity contribution in [3.05, 3.63) is 54.6 Å². The van der Waals surface area contributed by atoms with E-state index in [2.05, 4.69) is 0 Å². The molecule has 28 heavy (non-hydrogen) atoms. The van der Waals surface area contributed by atoms with Gasteiger partial charge in [0.2, 0.25) is 10.0 Å². The monoisotopic (exact) mass is 405 g/mol. The molecule has 0 radical (unpaired) electrons. The number of rotatable bonds is 13. The van der Waals surface area contributed by atoms with Crippen LogP contribution >= 0.6 is 0 Å². The molecule has 0 fully saturated rings. The third-order valence-corrected chi connectivity index (χ3v) is 6.64. The molecule has 0 unspecified atom stereocenters. The molecule has 5 nitrogen and oxygen atoms in total. The molecule has 0 bridgehead atoms. The maximum atomic E-state index is 13.1. The lowest BCUT2D eigenvalue weighted by atomic mass is 10.1. The van der Waals surface area contributed by atoms with Gasteiger partial charge in [-0.05, 0) is 48.9 Å². The lowest BCUT2D eigenvalue weighted by Gasteiger charge is -2.22. The first kappa shape index (κ1) is 22.6. The van der Waals surface area contributed by atoms with Gasteiger partial charge in [-0.25, -0.2) is 8.42 Å². The molecule has 0 spiro atoms. The topological polar surface area (TPSA) is 77.8 Å². The van der Waals surface area contributed by atoms with Gasteiger partial charge in [-0.3, -0.25) is 0 Å². The van der Waals surface area contributed by atoms with Crippen LogP contribution in [0.2, 0.25) is 0 Å². The predicted octanol–water partition coefficient (Wildman–Crippen LogP) is 3.67. The highest BCUT2D eigenvalue weighted by atomic mass is 32.2. The Hall–Kier alpha value is -1.73. The van der Waals surface area contributed by atoms with E-state index in [0.717, 1.165) is 36.8 Å². The second kappa shape index (κ2) is 12.0. The lowest BCUT2D eigenvalue weighted by Crippen LogP contribution is -2.33. The molecule has 2 N–H and O–H groups in total. The SMILES string of the molecule is O=S(=O)(c1ccc(-c2ccccc2)cc1)N(CCCCO)CCCCCCO. The summed E-state index contributed by atoms with van der Waals surface area (Å²) < 4.78 is 27.8. The molecule has 0 heterocycles. The Labute approximate surface area is 168 Å². The smallest absolute Gasteiger partial charge is 0.243 e. The summed E-state index contributed by atoms with van der Waals surface area (Å²) in [5.74, 6) is 0. The van der Waals surface area contributed by atoms with Crippen molar-refractivity contribution in [2.45, 2.75) is 43.4 Å². The van der Waals surface area contributed by atoms with E-state index >= 15 is 0 Å². The average molecular weight is 406 g/mol. The van der Waals surface area contributed by atoms with Crippen LogP contribution in [0.1, 0.15) is 38.5 Å². The van der Waals surface area contributed by atoms with Gasteiger partial charge in [0.25, 0.3) is 0 Å². The maximum absolute atomic E-state index is 13.1.